The standard InChI is InChI=1S/C68H46N4/c1-5-17-50(18-6-1)68(51-19-7-2-8-20-51)61-26-14-13-25-57(61)58-38-37-56(46-62(58)68)71(55-35-30-48(31-36-55)63-27-15-16-43-69-63)54-33-28-47(29-34-54)49-32-39-65-60(45-49)67-59-42-44-70(52-21-9-3-10-22-52)64(59)40-41-66(67)72(65)53-23-11-4-12-24-53/h1-46H. The summed E-state index contributed by atoms with van der Waals surface area (Å²) in [6.45, 7) is 0. The summed E-state index contributed by atoms with van der Waals surface area (Å²) >= 11 is 0. The fraction of sp³-hybridized carbons (Fsp3) is 0.0147. The molecule has 338 valence electrons. The summed E-state index contributed by atoms with van der Waals surface area (Å²) in [5.41, 5.74) is 20.4. The molecule has 3 aromatic heterocycles. The van der Waals surface area contributed by atoms with Gasteiger partial charge in [0.05, 0.1) is 27.7 Å². The maximum Gasteiger partial charge on any atom is 0.0714 e. The number of anilines is 3. The third kappa shape index (κ3) is 6.50. The first-order valence-electron chi connectivity index (χ1n) is 24.7. The molecule has 10 aromatic carbocycles. The van der Waals surface area contributed by atoms with Gasteiger partial charge in [-0.1, -0.05) is 164 Å². The number of hydrogen-bond acceptors (Lipinski definition) is 2. The van der Waals surface area contributed by atoms with Gasteiger partial charge in [-0.05, 0) is 148 Å². The van der Waals surface area contributed by atoms with Crippen molar-refractivity contribution in [1.29, 1.82) is 0 Å². The number of aromatic nitrogens is 3. The lowest BCUT2D eigenvalue weighted by Gasteiger charge is -2.35. The van der Waals surface area contributed by atoms with Gasteiger partial charge >= 0.3 is 0 Å². The summed E-state index contributed by atoms with van der Waals surface area (Å²) in [6, 6.07) is 97.3. The molecule has 0 amide bonds. The summed E-state index contributed by atoms with van der Waals surface area (Å²) in [4.78, 5) is 7.08. The molecule has 0 spiro atoms. The average molecular weight is 919 g/mol. The van der Waals surface area contributed by atoms with Crippen LogP contribution in [0.2, 0.25) is 0 Å². The zero-order valence-electron chi connectivity index (χ0n) is 39.3. The SMILES string of the molecule is c1ccc(-n2ccc3c4c5cc(-c6ccc(N(c7ccc(-c8ccccn8)cc7)c7ccc8c(c7)C(c7ccccc7)(c7ccccc7)c7ccccc7-8)cc6)ccc5n(-c5ccccc5)c4ccc32)cc1. The quantitative estimate of drug-likeness (QED) is 0.144. The topological polar surface area (TPSA) is 26.0 Å². The van der Waals surface area contributed by atoms with Crippen LogP contribution in [0.3, 0.4) is 0 Å². The number of fused-ring (bicyclic) bond motifs is 8. The molecule has 0 saturated carbocycles. The van der Waals surface area contributed by atoms with E-state index in [0.29, 0.717) is 0 Å². The van der Waals surface area contributed by atoms with Crippen molar-refractivity contribution < 1.29 is 0 Å². The molecule has 3 heterocycles. The predicted octanol–water partition coefficient (Wildman–Crippen LogP) is 17.3. The molecule has 1 aliphatic carbocycles. The van der Waals surface area contributed by atoms with Crippen LogP contribution in [-0.2, 0) is 5.41 Å². The van der Waals surface area contributed by atoms with E-state index in [0.717, 1.165) is 50.8 Å². The van der Waals surface area contributed by atoms with Gasteiger partial charge in [-0.2, -0.15) is 0 Å². The summed E-state index contributed by atoms with van der Waals surface area (Å²) in [7, 11) is 0. The Labute approximate surface area is 418 Å². The fourth-order valence-corrected chi connectivity index (χ4v) is 11.7. The van der Waals surface area contributed by atoms with Gasteiger partial charge in [0.25, 0.3) is 0 Å². The Morgan fingerprint density at radius 3 is 1.60 bits per heavy atom. The molecule has 0 bridgehead atoms. The van der Waals surface area contributed by atoms with Gasteiger partial charge < -0.3 is 14.0 Å². The molecule has 4 heteroatoms. The summed E-state index contributed by atoms with van der Waals surface area (Å²) < 4.78 is 4.71. The number of hydrogen-bond donors (Lipinski definition) is 0. The predicted molar refractivity (Wildman–Crippen MR) is 298 cm³/mol. The van der Waals surface area contributed by atoms with Crippen molar-refractivity contribution in [2.75, 3.05) is 4.90 Å². The molecule has 0 radical (unpaired) electrons. The second-order valence-electron chi connectivity index (χ2n) is 18.7. The molecule has 0 aliphatic heterocycles. The average Bonchev–Trinajstić information content (AvgIpc) is 4.14. The van der Waals surface area contributed by atoms with Crippen LogP contribution in [0.1, 0.15) is 22.3 Å². The molecule has 0 saturated heterocycles. The van der Waals surface area contributed by atoms with Gasteiger partial charge in [0.15, 0.2) is 0 Å². The van der Waals surface area contributed by atoms with Gasteiger partial charge in [-0.25, -0.2) is 0 Å². The number of rotatable bonds is 9. The third-order valence-electron chi connectivity index (χ3n) is 14.9. The Kier molecular flexibility index (Phi) is 9.71. The molecule has 13 aromatic rings. The van der Waals surface area contributed by atoms with Crippen molar-refractivity contribution in [2.45, 2.75) is 5.41 Å². The third-order valence-corrected chi connectivity index (χ3v) is 14.9. The summed E-state index contributed by atoms with van der Waals surface area (Å²) in [5, 5.41) is 3.70. The maximum atomic E-state index is 4.68. The molecule has 0 fully saturated rings. The zero-order chi connectivity index (χ0) is 47.6. The lowest BCUT2D eigenvalue weighted by molar-refractivity contribution is 0.768. The Morgan fingerprint density at radius 1 is 0.361 bits per heavy atom. The number of nitrogens with zero attached hydrogens (tertiary/aromatic N) is 4. The largest absolute Gasteiger partial charge is 0.317 e. The smallest absolute Gasteiger partial charge is 0.0714 e. The molecule has 72 heavy (non-hydrogen) atoms. The summed E-state index contributed by atoms with van der Waals surface area (Å²) in [6.07, 6.45) is 4.06. The van der Waals surface area contributed by atoms with Crippen LogP contribution in [0, 0.1) is 0 Å². The second-order valence-corrected chi connectivity index (χ2v) is 18.7. The van der Waals surface area contributed by atoms with Gasteiger partial charge in [0.1, 0.15) is 0 Å². The van der Waals surface area contributed by atoms with Gasteiger partial charge in [-0.3, -0.25) is 4.98 Å². The summed E-state index contributed by atoms with van der Waals surface area (Å²) in [5.74, 6) is 0. The number of para-hydroxylation sites is 2. The van der Waals surface area contributed by atoms with E-state index in [9.17, 15) is 0 Å². The molecule has 0 unspecified atom stereocenters. The first-order valence-corrected chi connectivity index (χ1v) is 24.7. The zero-order valence-corrected chi connectivity index (χ0v) is 39.3. The lowest BCUT2D eigenvalue weighted by Crippen LogP contribution is -2.28. The van der Waals surface area contributed by atoms with Crippen LogP contribution >= 0.6 is 0 Å². The van der Waals surface area contributed by atoms with Gasteiger partial charge in [-0.15, -0.1) is 0 Å². The van der Waals surface area contributed by atoms with Crippen molar-refractivity contribution >= 4 is 49.8 Å². The van der Waals surface area contributed by atoms with Crippen LogP contribution in [0.15, 0.2) is 279 Å². The highest BCUT2D eigenvalue weighted by atomic mass is 15.1. The van der Waals surface area contributed by atoms with Crippen molar-refractivity contribution in [2.24, 2.45) is 0 Å². The lowest BCUT2D eigenvalue weighted by atomic mass is 9.67. The highest BCUT2D eigenvalue weighted by Crippen LogP contribution is 2.57. The Balaban J connectivity index is 0.930. The van der Waals surface area contributed by atoms with Crippen LogP contribution < -0.4 is 4.90 Å². The Hall–Kier alpha value is -9.51. The van der Waals surface area contributed by atoms with Crippen LogP contribution in [-0.4, -0.2) is 14.1 Å². The van der Waals surface area contributed by atoms with Crippen molar-refractivity contribution in [3.63, 3.8) is 0 Å². The molecule has 14 rings (SSSR count). The van der Waals surface area contributed by atoms with E-state index in [2.05, 4.69) is 280 Å². The monoisotopic (exact) mass is 918 g/mol. The minimum atomic E-state index is -0.527. The van der Waals surface area contributed by atoms with Crippen molar-refractivity contribution in [1.82, 2.24) is 14.1 Å². The van der Waals surface area contributed by atoms with Crippen molar-refractivity contribution in [3.8, 4) is 44.9 Å². The van der Waals surface area contributed by atoms with Gasteiger partial charge in [0.2, 0.25) is 0 Å². The second kappa shape index (κ2) is 16.9. The Bertz CT molecular complexity index is 4070. The number of benzene rings is 10. The van der Waals surface area contributed by atoms with E-state index in [1.165, 1.54) is 66.1 Å². The molecular weight excluding hydrogens is 873 g/mol. The van der Waals surface area contributed by atoms with Crippen LogP contribution in [0.25, 0.3) is 77.6 Å². The molecule has 1 aliphatic rings. The Morgan fingerprint density at radius 2 is 0.917 bits per heavy atom. The minimum Gasteiger partial charge on any atom is -0.317 e. The van der Waals surface area contributed by atoms with Crippen LogP contribution in [0.4, 0.5) is 17.1 Å². The first kappa shape index (κ1) is 41.5. The van der Waals surface area contributed by atoms with Crippen LogP contribution in [0.5, 0.6) is 0 Å². The van der Waals surface area contributed by atoms with E-state index in [1.807, 2.05) is 18.3 Å². The highest BCUT2D eigenvalue weighted by Gasteiger charge is 2.46. The molecule has 4 nitrogen and oxygen atoms in total. The van der Waals surface area contributed by atoms with E-state index < -0.39 is 5.41 Å². The fourth-order valence-electron chi connectivity index (χ4n) is 11.7. The van der Waals surface area contributed by atoms with E-state index in [4.69, 9.17) is 0 Å². The highest BCUT2D eigenvalue weighted by molar-refractivity contribution is 6.21. The van der Waals surface area contributed by atoms with E-state index in [1.54, 1.807) is 0 Å². The van der Waals surface area contributed by atoms with E-state index in [-0.39, 0.29) is 0 Å². The first-order chi connectivity index (χ1) is 35.7. The van der Waals surface area contributed by atoms with Crippen molar-refractivity contribution in [3.05, 3.63) is 302 Å². The molecule has 0 atom stereocenters. The van der Waals surface area contributed by atoms with Gasteiger partial charge in [0, 0.05) is 62.6 Å². The molecule has 0 N–H and O–H groups in total. The minimum absolute atomic E-state index is 0.527. The van der Waals surface area contributed by atoms with E-state index >= 15 is 0 Å². The normalized spacial score (nSPS) is 12.6. The maximum absolute atomic E-state index is 4.68. The number of pyridine rings is 1. The molecular formula is C68H46N4.